The maximum absolute atomic E-state index is 13.3. The number of anilines is 1. The van der Waals surface area contributed by atoms with E-state index < -0.39 is 0 Å². The molecule has 2 saturated heterocycles. The Balaban J connectivity index is 0.000000123. The third kappa shape index (κ3) is 23.7. The van der Waals surface area contributed by atoms with Gasteiger partial charge < -0.3 is 41.1 Å². The first-order chi connectivity index (χ1) is 73.2. The number of piperidine rings is 1. The number of likely N-dealkylation sites (tertiary alicyclic amines) is 1. The number of nitrogens with zero attached hydrogens (tertiary/aromatic N) is 22. The Morgan fingerprint density at radius 2 is 0.773 bits per heavy atom. The maximum atomic E-state index is 13.3. The molecule has 17 heterocycles. The number of halogens is 5. The maximum Gasteiger partial charge on any atom is 0.254 e. The number of nitrogens with one attached hydrogen (secondary N) is 6. The van der Waals surface area contributed by atoms with Crippen molar-refractivity contribution in [2.75, 3.05) is 51.3 Å². The highest BCUT2D eigenvalue weighted by atomic mass is 32.1. The van der Waals surface area contributed by atoms with Crippen LogP contribution in [0.3, 0.4) is 0 Å². The van der Waals surface area contributed by atoms with E-state index in [9.17, 15) is 45.9 Å². The average molecular weight is 2060 g/mol. The summed E-state index contributed by atoms with van der Waals surface area (Å²) in [5.41, 5.74) is 12.7. The van der Waals surface area contributed by atoms with Crippen LogP contribution in [0.2, 0.25) is 0 Å². The van der Waals surface area contributed by atoms with Gasteiger partial charge in [0.05, 0.1) is 183 Å². The van der Waals surface area contributed by atoms with Gasteiger partial charge in [-0.15, -0.1) is 21.5 Å². The number of amides is 5. The van der Waals surface area contributed by atoms with Crippen LogP contribution in [0.5, 0.6) is 0 Å². The van der Waals surface area contributed by atoms with Crippen LogP contribution in [0.4, 0.5) is 27.8 Å². The van der Waals surface area contributed by atoms with Crippen LogP contribution in [-0.4, -0.2) is 191 Å². The van der Waals surface area contributed by atoms with Crippen molar-refractivity contribution in [3.8, 4) is 40.0 Å². The number of aromatic nitrogens is 21. The van der Waals surface area contributed by atoms with Crippen LogP contribution in [-0.2, 0) is 4.74 Å². The van der Waals surface area contributed by atoms with Crippen LogP contribution in [0.25, 0.3) is 94.5 Å². The van der Waals surface area contributed by atoms with Crippen molar-refractivity contribution in [2.24, 2.45) is 5.92 Å². The van der Waals surface area contributed by atoms with Gasteiger partial charge in [0, 0.05) is 101 Å². The Morgan fingerprint density at radius 1 is 0.407 bits per heavy atom. The molecule has 41 heteroatoms. The predicted molar refractivity (Wildman–Crippen MR) is 561 cm³/mol. The topological polar surface area (TPSA) is 395 Å². The van der Waals surface area contributed by atoms with Crippen molar-refractivity contribution in [2.45, 2.75) is 110 Å². The lowest BCUT2D eigenvalue weighted by atomic mass is 9.89. The van der Waals surface area contributed by atoms with Crippen molar-refractivity contribution in [1.29, 1.82) is 0 Å². The van der Waals surface area contributed by atoms with Crippen LogP contribution in [0.15, 0.2) is 285 Å². The number of aromatic amines is 1. The molecule has 5 amide bonds. The SMILES string of the molecule is CCC(NC(=O)c1cncc2c1cnn2-c1ccc(F)cc1)C1CCCN(C)C1.CC[C@H](NC(=O)c1cncc2c1cnn2-c1ccc(F)cc1)c1cccs1.CC[C@H](NC(=O)c1cncc2c1cnn2-c1ccc(F)cc1)c1ccnc(-c2nn[nH]n2)c1.CC[C@H](NC(=O)c1cncc2c1cnn2-c1ccc(F)cc1)c1ccnc(N2CCOCC2)c1.CC[C@H](NC(=O)c1cncc2c1cnn2-c1ccc(F)cc1)c1ccsc1. The van der Waals surface area contributed by atoms with Crippen molar-refractivity contribution < 1.29 is 50.7 Å². The first-order valence-electron chi connectivity index (χ1n) is 48.8. The van der Waals surface area contributed by atoms with E-state index in [4.69, 9.17) is 4.74 Å². The summed E-state index contributed by atoms with van der Waals surface area (Å²) in [5.74, 6) is -0.879. The smallest absolute Gasteiger partial charge is 0.254 e. The van der Waals surface area contributed by atoms with Crippen molar-refractivity contribution >= 4 is 113 Å². The van der Waals surface area contributed by atoms with Crippen LogP contribution in [0, 0.1) is 35.0 Å². The minimum Gasteiger partial charge on any atom is -0.378 e. The summed E-state index contributed by atoms with van der Waals surface area (Å²) in [6.07, 6.45) is 33.8. The lowest BCUT2D eigenvalue weighted by Gasteiger charge is -2.35. The molecule has 0 spiro atoms. The van der Waals surface area contributed by atoms with Gasteiger partial charge in [-0.3, -0.25) is 53.9 Å². The first kappa shape index (κ1) is 103. The van der Waals surface area contributed by atoms with E-state index in [-0.39, 0.29) is 88.8 Å². The summed E-state index contributed by atoms with van der Waals surface area (Å²) >= 11 is 3.23. The lowest BCUT2D eigenvalue weighted by Crippen LogP contribution is -2.46. The lowest BCUT2D eigenvalue weighted by molar-refractivity contribution is 0.0890. The number of rotatable bonds is 27. The molecule has 762 valence electrons. The molecule has 2 aliphatic heterocycles. The Hall–Kier alpha value is -17.3. The average Bonchev–Trinajstić information content (AvgIpc) is 1.65. The van der Waals surface area contributed by atoms with E-state index in [1.807, 2.05) is 86.3 Å². The number of hydrogen-bond donors (Lipinski definition) is 6. The van der Waals surface area contributed by atoms with E-state index >= 15 is 0 Å². The largest absolute Gasteiger partial charge is 0.378 e. The fraction of sp³-hybridized carbons (Fsp3) is 0.229. The number of hydrogen-bond acceptors (Lipinski definition) is 25. The molecule has 34 nitrogen and oxygen atoms in total. The second kappa shape index (κ2) is 47.9. The van der Waals surface area contributed by atoms with Crippen molar-refractivity contribution in [3.63, 3.8) is 0 Å². The predicted octanol–water partition coefficient (Wildman–Crippen LogP) is 19.1. The van der Waals surface area contributed by atoms with Crippen LogP contribution in [0.1, 0.15) is 177 Å². The van der Waals surface area contributed by atoms with Gasteiger partial charge in [-0.25, -0.2) is 50.3 Å². The highest BCUT2D eigenvalue weighted by molar-refractivity contribution is 7.10. The molecule has 0 saturated carbocycles. The van der Waals surface area contributed by atoms with Gasteiger partial charge in [-0.2, -0.15) is 42.0 Å². The molecule has 6 N–H and O–H groups in total. The molecule has 2 fully saturated rings. The van der Waals surface area contributed by atoms with Crippen LogP contribution >= 0.6 is 22.7 Å². The van der Waals surface area contributed by atoms with E-state index in [2.05, 4.69) is 131 Å². The number of carbonyl (C=O) groups is 5. The Labute approximate surface area is 864 Å². The number of carbonyl (C=O) groups excluding carboxylic acids is 5. The summed E-state index contributed by atoms with van der Waals surface area (Å²) in [6, 6.07) is 43.3. The fourth-order valence-electron chi connectivity index (χ4n) is 18.1. The number of pyridine rings is 7. The van der Waals surface area contributed by atoms with Crippen molar-refractivity contribution in [1.82, 2.24) is 136 Å². The molecule has 0 bridgehead atoms. The molecule has 20 aromatic rings. The Bertz CT molecular complexity index is 7860. The molecule has 5 aromatic carbocycles. The standard InChI is InChI=1S/C25H25FN6O2.C22H18FN9O.C22H26FN5O.2C20H17FN4OS/c1-2-22(17-7-8-28-24(13-17)31-9-11-34-12-10-31)30-25(33)21-14-27-16-23-20(21)15-29-32(23)19-5-3-18(26)4-6-19;1-2-18(13-7-8-25-19(9-13)21-28-30-31-29-21)27-22(33)17-10-24-12-20-16(17)11-26-32(20)15-5-3-14(23)4-6-15;1-3-20(15-5-4-10-27(2)14-15)26-22(29)19-11-24-13-21-18(19)12-25-28(21)17-8-6-16(23)7-9-17;1-2-18(13-7-8-27-12-13)24-20(26)17-9-22-11-19-16(17)10-23-25(19)15-5-3-14(21)4-6-15;1-2-17(19-4-3-9-27-19)24-20(26)16-10-22-12-18-15(16)11-23-25(18)14-7-5-13(21)6-8-14/h3-8,13-16,22H,2,9-12H2,1H3,(H,30,33);3-12,18H,2H2,1H3,(H,27,33)(H,28,29,30,31);6-9,11-13,15,20H,3-5,10,14H2,1-2H3,(H,26,29);3-12,18H,2H2,1H3,(H,24,26);3-12,17H,2H2,1H3,(H,24,26)/t22-;18-;;18-;17-/m00.00/s1. The highest BCUT2D eigenvalue weighted by Gasteiger charge is 2.31. The second-order valence-electron chi connectivity index (χ2n) is 35.5. The molecule has 22 rings (SSSR count). The van der Waals surface area contributed by atoms with E-state index in [1.165, 1.54) is 66.9 Å². The highest BCUT2D eigenvalue weighted by Crippen LogP contribution is 2.34. The molecule has 150 heavy (non-hydrogen) atoms. The fourth-order valence-corrected chi connectivity index (χ4v) is 19.7. The van der Waals surface area contributed by atoms with Gasteiger partial charge in [0.2, 0.25) is 5.82 Å². The van der Waals surface area contributed by atoms with E-state index in [0.29, 0.717) is 131 Å². The molecule has 6 atom stereocenters. The van der Waals surface area contributed by atoms with Gasteiger partial charge in [0.15, 0.2) is 0 Å². The normalized spacial score (nSPS) is 14.0. The summed E-state index contributed by atoms with van der Waals surface area (Å²) in [5, 5.41) is 60.9. The summed E-state index contributed by atoms with van der Waals surface area (Å²) < 4.78 is 79.9. The number of thiophene rings is 2. The number of ether oxygens (including phenoxy) is 1. The van der Waals surface area contributed by atoms with E-state index in [0.717, 1.165) is 109 Å². The zero-order valence-corrected chi connectivity index (χ0v) is 83.9. The van der Waals surface area contributed by atoms with Crippen LogP contribution < -0.4 is 31.5 Å². The number of morpholine rings is 1. The number of benzene rings is 5. The van der Waals surface area contributed by atoms with E-state index in [1.54, 1.807) is 206 Å². The minimum atomic E-state index is -0.336. The monoisotopic (exact) mass is 2060 g/mol. The zero-order chi connectivity index (χ0) is 104. The Morgan fingerprint density at radius 3 is 1.11 bits per heavy atom. The molecule has 2 aliphatic rings. The van der Waals surface area contributed by atoms with Gasteiger partial charge in [-0.05, 0) is 260 Å². The summed E-state index contributed by atoms with van der Waals surface area (Å²) in [4.78, 5) is 101. The first-order valence-corrected chi connectivity index (χ1v) is 50.7. The minimum absolute atomic E-state index is 0.0418. The molecule has 0 aliphatic carbocycles. The van der Waals surface area contributed by atoms with Gasteiger partial charge in [-0.1, -0.05) is 40.7 Å². The molecular formula is C109H103F5N28O6S2. The molecule has 0 radical (unpaired) electrons. The molecular weight excluding hydrogens is 1960 g/mol. The van der Waals surface area contributed by atoms with Gasteiger partial charge in [0.1, 0.15) is 40.6 Å². The third-order valence-electron chi connectivity index (χ3n) is 26.0. The Kier molecular flexibility index (Phi) is 32.8. The van der Waals surface area contributed by atoms with Gasteiger partial charge >= 0.3 is 0 Å². The molecule has 2 unspecified atom stereocenters. The third-order valence-corrected chi connectivity index (χ3v) is 27.7. The number of fused-ring (bicyclic) bond motifs is 5. The van der Waals surface area contributed by atoms with Crippen molar-refractivity contribution in [3.05, 3.63) is 364 Å². The van der Waals surface area contributed by atoms with Gasteiger partial charge in [0.25, 0.3) is 29.5 Å². The number of H-pyrrole nitrogens is 1. The quantitative estimate of drug-likeness (QED) is 0.0260. The zero-order valence-electron chi connectivity index (χ0n) is 82.3. The second-order valence-corrected chi connectivity index (χ2v) is 37.2. The summed E-state index contributed by atoms with van der Waals surface area (Å²) in [6.45, 7) is 15.3. The summed E-state index contributed by atoms with van der Waals surface area (Å²) in [7, 11) is 2.13. The molecule has 15 aromatic heterocycles. The number of tetrazole rings is 1.